The number of ketones is 1. The Kier molecular flexibility index (Phi) is 4.90. The number of anilines is 1. The Morgan fingerprint density at radius 3 is 2.12 bits per heavy atom. The minimum Gasteiger partial charge on any atom is -0.457 e. The van der Waals surface area contributed by atoms with Crippen LogP contribution in [-0.2, 0) is 0 Å². The highest BCUT2D eigenvalue weighted by Gasteiger charge is 2.13. The van der Waals surface area contributed by atoms with Crippen LogP contribution >= 0.6 is 0 Å². The van der Waals surface area contributed by atoms with Gasteiger partial charge in [0, 0.05) is 11.3 Å². The summed E-state index contributed by atoms with van der Waals surface area (Å²) in [6.07, 6.45) is 0. The minimum absolute atomic E-state index is 0.0144. The van der Waals surface area contributed by atoms with Crippen LogP contribution in [0.2, 0.25) is 0 Å². The number of Topliss-reactive ketones (excluding diaryl/α,β-unsaturated/α-hetero) is 1. The quantitative estimate of drug-likeness (QED) is 0.674. The second kappa shape index (κ2) is 7.45. The van der Waals surface area contributed by atoms with Crippen molar-refractivity contribution in [2.75, 3.05) is 5.32 Å². The summed E-state index contributed by atoms with van der Waals surface area (Å²) >= 11 is 0. The third-order valence-corrected chi connectivity index (χ3v) is 3.65. The summed E-state index contributed by atoms with van der Waals surface area (Å²) < 4.78 is 5.81. The molecule has 0 radical (unpaired) electrons. The number of ether oxygens (including phenoxy) is 1. The van der Waals surface area contributed by atoms with Gasteiger partial charge in [0.15, 0.2) is 5.78 Å². The van der Waals surface area contributed by atoms with Crippen molar-refractivity contribution in [3.63, 3.8) is 0 Å². The Hall–Kier alpha value is -3.40. The van der Waals surface area contributed by atoms with E-state index >= 15 is 0 Å². The second-order valence-corrected chi connectivity index (χ2v) is 5.50. The third kappa shape index (κ3) is 4.12. The van der Waals surface area contributed by atoms with E-state index in [1.54, 1.807) is 42.5 Å². The highest BCUT2D eigenvalue weighted by Crippen LogP contribution is 2.25. The van der Waals surface area contributed by atoms with Crippen molar-refractivity contribution in [3.8, 4) is 11.5 Å². The van der Waals surface area contributed by atoms with Gasteiger partial charge in [-0.05, 0) is 55.5 Å². The predicted molar refractivity (Wildman–Crippen MR) is 97.4 cm³/mol. The number of carbonyl (C=O) groups is 2. The summed E-state index contributed by atoms with van der Waals surface area (Å²) in [5.74, 6) is 0.849. The lowest BCUT2D eigenvalue weighted by atomic mass is 10.1. The molecule has 4 heteroatoms. The Morgan fingerprint density at radius 1 is 0.800 bits per heavy atom. The molecule has 25 heavy (non-hydrogen) atoms. The molecule has 4 nitrogen and oxygen atoms in total. The number of nitrogens with one attached hydrogen (secondary N) is 1. The summed E-state index contributed by atoms with van der Waals surface area (Å²) in [6, 6.07) is 23.1. The normalized spacial score (nSPS) is 10.1. The van der Waals surface area contributed by atoms with Crippen molar-refractivity contribution in [1.29, 1.82) is 0 Å². The van der Waals surface area contributed by atoms with Gasteiger partial charge in [-0.1, -0.05) is 30.3 Å². The monoisotopic (exact) mass is 331 g/mol. The van der Waals surface area contributed by atoms with Crippen LogP contribution in [0.5, 0.6) is 11.5 Å². The molecule has 0 aromatic heterocycles. The van der Waals surface area contributed by atoms with Crippen LogP contribution < -0.4 is 10.1 Å². The average Bonchev–Trinajstić information content (AvgIpc) is 2.63. The summed E-state index contributed by atoms with van der Waals surface area (Å²) in [6.45, 7) is 1.50. The first kappa shape index (κ1) is 16.5. The van der Waals surface area contributed by atoms with Crippen LogP contribution in [0.3, 0.4) is 0 Å². The van der Waals surface area contributed by atoms with Gasteiger partial charge in [-0.15, -0.1) is 0 Å². The molecular formula is C21H17NO3. The van der Waals surface area contributed by atoms with Gasteiger partial charge in [0.05, 0.1) is 5.56 Å². The summed E-state index contributed by atoms with van der Waals surface area (Å²) in [5, 5.41) is 2.82. The molecule has 3 rings (SSSR count). The zero-order valence-electron chi connectivity index (χ0n) is 13.7. The molecule has 0 bridgehead atoms. The first-order chi connectivity index (χ1) is 12.1. The number of carbonyl (C=O) groups excluding carboxylic acids is 2. The van der Waals surface area contributed by atoms with E-state index in [1.165, 1.54) is 6.92 Å². The van der Waals surface area contributed by atoms with E-state index in [-0.39, 0.29) is 11.7 Å². The standard InChI is InChI=1S/C21H17NO3/c1-15(23)16-11-13-17(14-12-16)22-21(24)19-9-5-6-10-20(19)25-18-7-3-2-4-8-18/h2-14H,1H3,(H,22,24). The number of benzene rings is 3. The van der Waals surface area contributed by atoms with Crippen LogP contribution in [-0.4, -0.2) is 11.7 Å². The molecule has 124 valence electrons. The smallest absolute Gasteiger partial charge is 0.259 e. The van der Waals surface area contributed by atoms with E-state index in [4.69, 9.17) is 4.74 Å². The fraction of sp³-hybridized carbons (Fsp3) is 0.0476. The van der Waals surface area contributed by atoms with Crippen molar-refractivity contribution >= 4 is 17.4 Å². The number of para-hydroxylation sites is 2. The fourth-order valence-corrected chi connectivity index (χ4v) is 2.35. The summed E-state index contributed by atoms with van der Waals surface area (Å²) in [5.41, 5.74) is 1.65. The zero-order valence-corrected chi connectivity index (χ0v) is 13.7. The van der Waals surface area contributed by atoms with Gasteiger partial charge in [0.1, 0.15) is 11.5 Å². The molecule has 0 aliphatic carbocycles. The van der Waals surface area contributed by atoms with Gasteiger partial charge in [-0.25, -0.2) is 0 Å². The van der Waals surface area contributed by atoms with Gasteiger partial charge in [-0.2, -0.15) is 0 Å². The summed E-state index contributed by atoms with van der Waals surface area (Å²) in [4.78, 5) is 23.9. The zero-order chi connectivity index (χ0) is 17.6. The van der Waals surface area contributed by atoms with E-state index in [0.717, 1.165) is 0 Å². The van der Waals surface area contributed by atoms with E-state index in [9.17, 15) is 9.59 Å². The van der Waals surface area contributed by atoms with Gasteiger partial charge in [0.25, 0.3) is 5.91 Å². The maximum Gasteiger partial charge on any atom is 0.259 e. The van der Waals surface area contributed by atoms with Gasteiger partial charge in [0.2, 0.25) is 0 Å². The molecule has 0 fully saturated rings. The number of hydrogen-bond donors (Lipinski definition) is 1. The van der Waals surface area contributed by atoms with Crippen molar-refractivity contribution in [1.82, 2.24) is 0 Å². The van der Waals surface area contributed by atoms with Crippen LogP contribution in [0, 0.1) is 0 Å². The molecular weight excluding hydrogens is 314 g/mol. The first-order valence-electron chi connectivity index (χ1n) is 7.88. The van der Waals surface area contributed by atoms with E-state index in [2.05, 4.69) is 5.32 Å². The molecule has 0 atom stereocenters. The Morgan fingerprint density at radius 2 is 1.44 bits per heavy atom. The minimum atomic E-state index is -0.276. The molecule has 3 aromatic rings. The maximum atomic E-state index is 12.6. The third-order valence-electron chi connectivity index (χ3n) is 3.65. The van der Waals surface area contributed by atoms with E-state index in [1.807, 2.05) is 36.4 Å². The molecule has 0 spiro atoms. The maximum absolute atomic E-state index is 12.6. The lowest BCUT2D eigenvalue weighted by Gasteiger charge is -2.11. The van der Waals surface area contributed by atoms with E-state index in [0.29, 0.717) is 28.3 Å². The highest BCUT2D eigenvalue weighted by molar-refractivity contribution is 6.06. The highest BCUT2D eigenvalue weighted by atomic mass is 16.5. The number of hydrogen-bond acceptors (Lipinski definition) is 3. The molecule has 0 saturated carbocycles. The van der Waals surface area contributed by atoms with Crippen molar-refractivity contribution in [3.05, 3.63) is 90.0 Å². The Bertz CT molecular complexity index is 887. The van der Waals surface area contributed by atoms with Gasteiger partial charge >= 0.3 is 0 Å². The molecule has 0 saturated heterocycles. The van der Waals surface area contributed by atoms with Crippen LogP contribution in [0.25, 0.3) is 0 Å². The average molecular weight is 331 g/mol. The summed E-state index contributed by atoms with van der Waals surface area (Å²) in [7, 11) is 0. The van der Waals surface area contributed by atoms with Crippen LogP contribution in [0.1, 0.15) is 27.6 Å². The Balaban J connectivity index is 1.79. The number of rotatable bonds is 5. The van der Waals surface area contributed by atoms with Gasteiger partial charge in [-0.3, -0.25) is 9.59 Å². The topological polar surface area (TPSA) is 55.4 Å². The van der Waals surface area contributed by atoms with Crippen LogP contribution in [0.15, 0.2) is 78.9 Å². The molecule has 0 aliphatic heterocycles. The predicted octanol–water partition coefficient (Wildman–Crippen LogP) is 4.93. The fourth-order valence-electron chi connectivity index (χ4n) is 2.35. The first-order valence-corrected chi connectivity index (χ1v) is 7.88. The van der Waals surface area contributed by atoms with Crippen molar-refractivity contribution in [2.24, 2.45) is 0 Å². The largest absolute Gasteiger partial charge is 0.457 e. The van der Waals surface area contributed by atoms with Gasteiger partial charge < -0.3 is 10.1 Å². The second-order valence-electron chi connectivity index (χ2n) is 5.50. The number of amides is 1. The van der Waals surface area contributed by atoms with Crippen molar-refractivity contribution in [2.45, 2.75) is 6.92 Å². The molecule has 0 heterocycles. The molecule has 3 aromatic carbocycles. The molecule has 0 unspecified atom stereocenters. The molecule has 0 aliphatic rings. The Labute approximate surface area is 146 Å². The van der Waals surface area contributed by atoms with E-state index < -0.39 is 0 Å². The SMILES string of the molecule is CC(=O)c1ccc(NC(=O)c2ccccc2Oc2ccccc2)cc1. The molecule has 1 amide bonds. The van der Waals surface area contributed by atoms with Crippen molar-refractivity contribution < 1.29 is 14.3 Å². The lowest BCUT2D eigenvalue weighted by molar-refractivity contribution is 0.101. The lowest BCUT2D eigenvalue weighted by Crippen LogP contribution is -2.13. The molecule has 1 N–H and O–H groups in total. The van der Waals surface area contributed by atoms with Crippen LogP contribution in [0.4, 0.5) is 5.69 Å².